The second-order valence-electron chi connectivity index (χ2n) is 5.02. The first kappa shape index (κ1) is 13.8. The number of rotatable bonds is 5. The van der Waals surface area contributed by atoms with Gasteiger partial charge in [-0.25, -0.2) is 4.98 Å². The lowest BCUT2D eigenvalue weighted by Crippen LogP contribution is -2.39. The fourth-order valence-electron chi connectivity index (χ4n) is 2.53. The van der Waals surface area contributed by atoms with E-state index in [2.05, 4.69) is 22.1 Å². The lowest BCUT2D eigenvalue weighted by Gasteiger charge is -2.32. The minimum atomic E-state index is -0.431. The zero-order valence-electron chi connectivity index (χ0n) is 11.4. The van der Waals surface area contributed by atoms with Gasteiger partial charge in [-0.15, -0.1) is 0 Å². The van der Waals surface area contributed by atoms with Crippen molar-refractivity contribution in [1.29, 1.82) is 0 Å². The summed E-state index contributed by atoms with van der Waals surface area (Å²) in [7, 11) is 0. The Balaban J connectivity index is 1.94. The molecule has 1 aromatic rings. The highest BCUT2D eigenvalue weighted by Crippen LogP contribution is 2.18. The van der Waals surface area contributed by atoms with Crippen LogP contribution in [0.25, 0.3) is 0 Å². The van der Waals surface area contributed by atoms with Gasteiger partial charge >= 0.3 is 0 Å². The number of aromatic nitrogens is 1. The Morgan fingerprint density at radius 3 is 2.89 bits per heavy atom. The topological polar surface area (TPSA) is 71.2 Å². The van der Waals surface area contributed by atoms with Crippen LogP contribution in [0.15, 0.2) is 18.3 Å². The van der Waals surface area contributed by atoms with Gasteiger partial charge in [-0.2, -0.15) is 0 Å². The van der Waals surface area contributed by atoms with Crippen LogP contribution in [0.1, 0.15) is 36.5 Å². The van der Waals surface area contributed by atoms with Crippen LogP contribution >= 0.6 is 0 Å². The van der Waals surface area contributed by atoms with Crippen LogP contribution in [0.3, 0.4) is 0 Å². The molecular weight excluding hydrogens is 240 g/mol. The largest absolute Gasteiger partial charge is 0.367 e. The summed E-state index contributed by atoms with van der Waals surface area (Å²) in [6, 6.07) is 3.82. The van der Waals surface area contributed by atoms with Crippen molar-refractivity contribution in [1.82, 2.24) is 9.88 Å². The number of carbonyl (C=O) groups excluding carboxylic acids is 1. The zero-order chi connectivity index (χ0) is 13.7. The van der Waals surface area contributed by atoms with Crippen molar-refractivity contribution in [3.8, 4) is 0 Å². The SMILES string of the molecule is CCCN1CCC(Nc2ncccc2C(N)=O)CC1. The van der Waals surface area contributed by atoms with E-state index in [9.17, 15) is 4.79 Å². The van der Waals surface area contributed by atoms with E-state index in [-0.39, 0.29) is 0 Å². The standard InChI is InChI=1S/C14H22N4O/c1-2-8-18-9-5-11(6-10-18)17-14-12(13(15)19)4-3-7-16-14/h3-4,7,11H,2,5-6,8-10H2,1H3,(H2,15,19)(H,16,17). The van der Waals surface area contributed by atoms with Crippen molar-refractivity contribution in [2.45, 2.75) is 32.2 Å². The summed E-state index contributed by atoms with van der Waals surface area (Å²) in [5.74, 6) is 0.183. The smallest absolute Gasteiger partial charge is 0.252 e. The Hall–Kier alpha value is -1.62. The highest BCUT2D eigenvalue weighted by molar-refractivity contribution is 5.97. The number of primary amides is 1. The van der Waals surface area contributed by atoms with E-state index in [1.165, 1.54) is 13.0 Å². The number of likely N-dealkylation sites (tertiary alicyclic amines) is 1. The quantitative estimate of drug-likeness (QED) is 0.843. The molecule has 2 rings (SSSR count). The molecule has 2 heterocycles. The molecule has 104 valence electrons. The lowest BCUT2D eigenvalue weighted by atomic mass is 10.0. The second kappa shape index (κ2) is 6.52. The molecule has 1 aromatic heterocycles. The molecule has 0 atom stereocenters. The van der Waals surface area contributed by atoms with E-state index in [1.54, 1.807) is 18.3 Å². The van der Waals surface area contributed by atoms with Gasteiger partial charge in [0.15, 0.2) is 0 Å². The molecule has 19 heavy (non-hydrogen) atoms. The molecule has 0 saturated carbocycles. The van der Waals surface area contributed by atoms with Crippen LogP contribution < -0.4 is 11.1 Å². The maximum absolute atomic E-state index is 11.3. The van der Waals surface area contributed by atoms with Crippen molar-refractivity contribution in [3.63, 3.8) is 0 Å². The summed E-state index contributed by atoms with van der Waals surface area (Å²) in [6.45, 7) is 5.58. The number of nitrogens with two attached hydrogens (primary N) is 1. The van der Waals surface area contributed by atoms with Gasteiger partial charge in [-0.1, -0.05) is 6.92 Å². The van der Waals surface area contributed by atoms with Gasteiger partial charge in [0.2, 0.25) is 0 Å². The molecule has 0 unspecified atom stereocenters. The number of piperidine rings is 1. The Labute approximate surface area is 114 Å². The molecule has 1 aliphatic rings. The summed E-state index contributed by atoms with van der Waals surface area (Å²) < 4.78 is 0. The molecule has 0 aromatic carbocycles. The highest BCUT2D eigenvalue weighted by atomic mass is 16.1. The van der Waals surface area contributed by atoms with Crippen LogP contribution in [0.5, 0.6) is 0 Å². The maximum Gasteiger partial charge on any atom is 0.252 e. The fraction of sp³-hybridized carbons (Fsp3) is 0.571. The zero-order valence-corrected chi connectivity index (χ0v) is 11.4. The van der Waals surface area contributed by atoms with Gasteiger partial charge in [0, 0.05) is 25.3 Å². The van der Waals surface area contributed by atoms with Crippen molar-refractivity contribution in [2.75, 3.05) is 25.0 Å². The van der Waals surface area contributed by atoms with Gasteiger partial charge in [-0.3, -0.25) is 4.79 Å². The molecule has 0 bridgehead atoms. The Morgan fingerprint density at radius 2 is 2.26 bits per heavy atom. The number of amides is 1. The molecule has 5 heteroatoms. The van der Waals surface area contributed by atoms with Gasteiger partial charge < -0.3 is 16.0 Å². The second-order valence-corrected chi connectivity index (χ2v) is 5.02. The normalized spacial score (nSPS) is 17.3. The molecule has 1 saturated heterocycles. The first-order valence-electron chi connectivity index (χ1n) is 6.94. The molecule has 1 aliphatic heterocycles. The van der Waals surface area contributed by atoms with Gasteiger partial charge in [-0.05, 0) is 37.9 Å². The third kappa shape index (κ3) is 3.67. The van der Waals surface area contributed by atoms with E-state index in [0.717, 1.165) is 25.9 Å². The number of anilines is 1. The maximum atomic E-state index is 11.3. The number of hydrogen-bond acceptors (Lipinski definition) is 4. The predicted molar refractivity (Wildman–Crippen MR) is 76.1 cm³/mol. The molecule has 1 fully saturated rings. The van der Waals surface area contributed by atoms with Crippen molar-refractivity contribution in [3.05, 3.63) is 23.9 Å². The predicted octanol–water partition coefficient (Wildman–Crippen LogP) is 1.47. The van der Waals surface area contributed by atoms with Gasteiger partial charge in [0.1, 0.15) is 5.82 Å². The summed E-state index contributed by atoms with van der Waals surface area (Å²) in [4.78, 5) is 18.0. The first-order chi connectivity index (χ1) is 9.20. The summed E-state index contributed by atoms with van der Waals surface area (Å²) in [5, 5.41) is 3.35. The third-order valence-corrected chi connectivity index (χ3v) is 3.54. The van der Waals surface area contributed by atoms with Crippen molar-refractivity contribution < 1.29 is 4.79 Å². The molecule has 0 spiro atoms. The molecule has 0 aliphatic carbocycles. The minimum absolute atomic E-state index is 0.376. The van der Waals surface area contributed by atoms with E-state index in [4.69, 9.17) is 5.73 Å². The van der Waals surface area contributed by atoms with E-state index < -0.39 is 5.91 Å². The van der Waals surface area contributed by atoms with Crippen LogP contribution in [0.2, 0.25) is 0 Å². The number of nitrogens with zero attached hydrogens (tertiary/aromatic N) is 2. The summed E-state index contributed by atoms with van der Waals surface area (Å²) in [6.07, 6.45) is 5.04. The average Bonchev–Trinajstić information content (AvgIpc) is 2.42. The Bertz CT molecular complexity index is 427. The van der Waals surface area contributed by atoms with Crippen LogP contribution in [-0.2, 0) is 0 Å². The average molecular weight is 262 g/mol. The van der Waals surface area contributed by atoms with E-state index >= 15 is 0 Å². The monoisotopic (exact) mass is 262 g/mol. The Morgan fingerprint density at radius 1 is 1.53 bits per heavy atom. The fourth-order valence-corrected chi connectivity index (χ4v) is 2.53. The van der Waals surface area contributed by atoms with Crippen LogP contribution in [0, 0.1) is 0 Å². The number of pyridine rings is 1. The summed E-state index contributed by atoms with van der Waals surface area (Å²) in [5.41, 5.74) is 5.82. The molecule has 3 N–H and O–H groups in total. The first-order valence-corrected chi connectivity index (χ1v) is 6.94. The van der Waals surface area contributed by atoms with E-state index in [1.807, 2.05) is 0 Å². The van der Waals surface area contributed by atoms with E-state index in [0.29, 0.717) is 17.4 Å². The highest BCUT2D eigenvalue weighted by Gasteiger charge is 2.20. The third-order valence-electron chi connectivity index (χ3n) is 3.54. The van der Waals surface area contributed by atoms with Crippen molar-refractivity contribution in [2.24, 2.45) is 5.73 Å². The molecule has 0 radical (unpaired) electrons. The molecule has 5 nitrogen and oxygen atoms in total. The molecular formula is C14H22N4O. The lowest BCUT2D eigenvalue weighted by molar-refractivity contribution is 0.100. The number of hydrogen-bond donors (Lipinski definition) is 2. The van der Waals surface area contributed by atoms with Gasteiger partial charge in [0.25, 0.3) is 5.91 Å². The summed E-state index contributed by atoms with van der Waals surface area (Å²) >= 11 is 0. The Kier molecular flexibility index (Phi) is 4.74. The number of carbonyl (C=O) groups is 1. The minimum Gasteiger partial charge on any atom is -0.367 e. The molecule has 1 amide bonds. The number of nitrogens with one attached hydrogen (secondary N) is 1. The van der Waals surface area contributed by atoms with Crippen LogP contribution in [-0.4, -0.2) is 41.5 Å². The van der Waals surface area contributed by atoms with Crippen molar-refractivity contribution >= 4 is 11.7 Å². The van der Waals surface area contributed by atoms with Crippen LogP contribution in [0.4, 0.5) is 5.82 Å². The van der Waals surface area contributed by atoms with Gasteiger partial charge in [0.05, 0.1) is 5.56 Å².